The van der Waals surface area contributed by atoms with Crippen LogP contribution >= 0.6 is 11.3 Å². The van der Waals surface area contributed by atoms with Crippen LogP contribution in [-0.4, -0.2) is 46.9 Å². The monoisotopic (exact) mass is 383 g/mol. The molecule has 3 aromatic rings. The average molecular weight is 383 g/mol. The van der Waals surface area contributed by atoms with Gasteiger partial charge in [0.1, 0.15) is 5.82 Å². The van der Waals surface area contributed by atoms with E-state index >= 15 is 0 Å². The van der Waals surface area contributed by atoms with Crippen LogP contribution in [0, 0.1) is 12.7 Å². The predicted molar refractivity (Wildman–Crippen MR) is 107 cm³/mol. The normalized spacial score (nSPS) is 15.9. The lowest BCUT2D eigenvalue weighted by molar-refractivity contribution is 0.0761. The second kappa shape index (κ2) is 7.74. The molecule has 0 aliphatic carbocycles. The van der Waals surface area contributed by atoms with E-state index in [4.69, 9.17) is 0 Å². The Hall–Kier alpha value is -2.31. The molecular weight excluding hydrogens is 361 g/mol. The standard InChI is InChI=1S/C21H22FN3OS/c1-15-23-19-13-17(5-8-20(19)27-15)21(26)25-10-2-9-24(11-12-25)14-16-3-6-18(22)7-4-16/h3-8,13H,2,9-12,14H2,1H3. The Kier molecular flexibility index (Phi) is 5.18. The Morgan fingerprint density at radius 1 is 1.11 bits per heavy atom. The van der Waals surface area contributed by atoms with Gasteiger partial charge >= 0.3 is 0 Å². The van der Waals surface area contributed by atoms with Crippen LogP contribution in [0.15, 0.2) is 42.5 Å². The highest BCUT2D eigenvalue weighted by Gasteiger charge is 2.21. The third kappa shape index (κ3) is 4.17. The number of thiazole rings is 1. The van der Waals surface area contributed by atoms with E-state index in [-0.39, 0.29) is 11.7 Å². The molecule has 1 amide bonds. The third-order valence-corrected chi connectivity index (χ3v) is 5.89. The lowest BCUT2D eigenvalue weighted by atomic mass is 10.2. The van der Waals surface area contributed by atoms with Crippen LogP contribution in [0.25, 0.3) is 10.2 Å². The second-order valence-electron chi connectivity index (χ2n) is 6.96. The molecule has 0 N–H and O–H groups in total. The van der Waals surface area contributed by atoms with Crippen LogP contribution in [0.3, 0.4) is 0 Å². The summed E-state index contributed by atoms with van der Waals surface area (Å²) >= 11 is 1.65. The van der Waals surface area contributed by atoms with Crippen molar-refractivity contribution in [2.24, 2.45) is 0 Å². The number of hydrogen-bond acceptors (Lipinski definition) is 4. The molecule has 0 bridgehead atoms. The Balaban J connectivity index is 1.42. The zero-order chi connectivity index (χ0) is 18.8. The molecule has 1 saturated heterocycles. The van der Waals surface area contributed by atoms with E-state index in [1.165, 1.54) is 12.1 Å². The molecule has 0 radical (unpaired) electrons. The number of benzene rings is 2. The molecule has 140 valence electrons. The molecule has 4 nitrogen and oxygen atoms in total. The molecule has 27 heavy (non-hydrogen) atoms. The van der Waals surface area contributed by atoms with Crippen molar-refractivity contribution in [3.8, 4) is 0 Å². The molecule has 2 heterocycles. The zero-order valence-electron chi connectivity index (χ0n) is 15.3. The van der Waals surface area contributed by atoms with E-state index in [0.717, 1.165) is 53.4 Å². The highest BCUT2D eigenvalue weighted by atomic mass is 32.1. The maximum absolute atomic E-state index is 13.1. The number of halogens is 1. The molecule has 1 fully saturated rings. The molecule has 6 heteroatoms. The number of aromatic nitrogens is 1. The van der Waals surface area contributed by atoms with Crippen molar-refractivity contribution >= 4 is 27.5 Å². The molecule has 0 spiro atoms. The lowest BCUT2D eigenvalue weighted by Crippen LogP contribution is -2.35. The van der Waals surface area contributed by atoms with Gasteiger partial charge in [0.25, 0.3) is 5.91 Å². The van der Waals surface area contributed by atoms with Crippen molar-refractivity contribution < 1.29 is 9.18 Å². The summed E-state index contributed by atoms with van der Waals surface area (Å²) in [6.45, 7) is 5.98. The summed E-state index contributed by atoms with van der Waals surface area (Å²) in [6, 6.07) is 12.5. The minimum Gasteiger partial charge on any atom is -0.337 e. The van der Waals surface area contributed by atoms with Crippen molar-refractivity contribution in [2.75, 3.05) is 26.2 Å². The number of nitrogens with zero attached hydrogens (tertiary/aromatic N) is 3. The van der Waals surface area contributed by atoms with E-state index in [1.54, 1.807) is 11.3 Å². The fraction of sp³-hybridized carbons (Fsp3) is 0.333. The molecule has 2 aromatic carbocycles. The SMILES string of the molecule is Cc1nc2cc(C(=O)N3CCCN(Cc4ccc(F)cc4)CC3)ccc2s1. The van der Waals surface area contributed by atoms with Crippen LogP contribution in [0.2, 0.25) is 0 Å². The van der Waals surface area contributed by atoms with Gasteiger partial charge in [0.15, 0.2) is 0 Å². The van der Waals surface area contributed by atoms with E-state index in [9.17, 15) is 9.18 Å². The number of hydrogen-bond donors (Lipinski definition) is 0. The van der Waals surface area contributed by atoms with Gasteiger partial charge in [0.2, 0.25) is 0 Å². The molecule has 0 unspecified atom stereocenters. The first-order valence-corrected chi connectivity index (χ1v) is 10.0. The maximum atomic E-state index is 13.1. The Bertz CT molecular complexity index is 954. The summed E-state index contributed by atoms with van der Waals surface area (Å²) in [5.41, 5.74) is 2.71. The van der Waals surface area contributed by atoms with Crippen LogP contribution in [0.4, 0.5) is 4.39 Å². The zero-order valence-corrected chi connectivity index (χ0v) is 16.1. The molecule has 0 atom stereocenters. The molecular formula is C21H22FN3OS. The third-order valence-electron chi connectivity index (χ3n) is 4.94. The highest BCUT2D eigenvalue weighted by Crippen LogP contribution is 2.23. The Morgan fingerprint density at radius 2 is 1.93 bits per heavy atom. The largest absolute Gasteiger partial charge is 0.337 e. The van der Waals surface area contributed by atoms with Crippen LogP contribution in [0.1, 0.15) is 27.3 Å². The summed E-state index contributed by atoms with van der Waals surface area (Å²) in [6.07, 6.45) is 0.936. The Morgan fingerprint density at radius 3 is 2.74 bits per heavy atom. The van der Waals surface area contributed by atoms with Crippen molar-refractivity contribution in [2.45, 2.75) is 19.9 Å². The van der Waals surface area contributed by atoms with E-state index in [0.29, 0.717) is 12.1 Å². The van der Waals surface area contributed by atoms with Gasteiger partial charge in [-0.05, 0) is 49.2 Å². The summed E-state index contributed by atoms with van der Waals surface area (Å²) in [5.74, 6) is -0.134. The number of carbonyl (C=O) groups excluding carboxylic acids is 1. The summed E-state index contributed by atoms with van der Waals surface area (Å²) < 4.78 is 14.2. The van der Waals surface area contributed by atoms with Gasteiger partial charge in [-0.15, -0.1) is 11.3 Å². The Labute approximate surface area is 162 Å². The minimum absolute atomic E-state index is 0.0752. The summed E-state index contributed by atoms with van der Waals surface area (Å²) in [5, 5.41) is 1.01. The van der Waals surface area contributed by atoms with Gasteiger partial charge in [-0.1, -0.05) is 12.1 Å². The maximum Gasteiger partial charge on any atom is 0.253 e. The summed E-state index contributed by atoms with van der Waals surface area (Å²) in [4.78, 5) is 21.7. The predicted octanol–water partition coefficient (Wildman–Crippen LogP) is 4.09. The van der Waals surface area contributed by atoms with Crippen molar-refractivity contribution in [1.82, 2.24) is 14.8 Å². The van der Waals surface area contributed by atoms with Gasteiger partial charge in [0.05, 0.1) is 15.2 Å². The van der Waals surface area contributed by atoms with E-state index in [1.807, 2.05) is 42.2 Å². The number of aryl methyl sites for hydroxylation is 1. The topological polar surface area (TPSA) is 36.4 Å². The molecule has 1 aliphatic heterocycles. The van der Waals surface area contributed by atoms with Gasteiger partial charge in [0, 0.05) is 38.3 Å². The average Bonchev–Trinajstić information content (AvgIpc) is 2.88. The summed E-state index contributed by atoms with van der Waals surface area (Å²) in [7, 11) is 0. The number of fused-ring (bicyclic) bond motifs is 1. The van der Waals surface area contributed by atoms with Crippen LogP contribution in [-0.2, 0) is 6.54 Å². The lowest BCUT2D eigenvalue weighted by Gasteiger charge is -2.22. The van der Waals surface area contributed by atoms with Crippen molar-refractivity contribution in [3.05, 3.63) is 64.4 Å². The minimum atomic E-state index is -0.210. The van der Waals surface area contributed by atoms with Crippen molar-refractivity contribution in [1.29, 1.82) is 0 Å². The fourth-order valence-corrected chi connectivity index (χ4v) is 4.35. The molecule has 0 saturated carbocycles. The smallest absolute Gasteiger partial charge is 0.253 e. The number of amides is 1. The van der Waals surface area contributed by atoms with Gasteiger partial charge < -0.3 is 4.90 Å². The number of carbonyl (C=O) groups is 1. The quantitative estimate of drug-likeness (QED) is 0.683. The highest BCUT2D eigenvalue weighted by molar-refractivity contribution is 7.18. The molecule has 4 rings (SSSR count). The number of rotatable bonds is 3. The second-order valence-corrected chi connectivity index (χ2v) is 8.20. The van der Waals surface area contributed by atoms with Crippen molar-refractivity contribution in [3.63, 3.8) is 0 Å². The van der Waals surface area contributed by atoms with E-state index < -0.39 is 0 Å². The fourth-order valence-electron chi connectivity index (χ4n) is 3.54. The van der Waals surface area contributed by atoms with Crippen LogP contribution in [0.5, 0.6) is 0 Å². The first-order chi connectivity index (χ1) is 13.1. The first-order valence-electron chi connectivity index (χ1n) is 9.22. The molecule has 1 aliphatic rings. The van der Waals surface area contributed by atoms with Gasteiger partial charge in [-0.3, -0.25) is 9.69 Å². The van der Waals surface area contributed by atoms with Crippen LogP contribution < -0.4 is 0 Å². The van der Waals surface area contributed by atoms with E-state index in [2.05, 4.69) is 9.88 Å². The van der Waals surface area contributed by atoms with Gasteiger partial charge in [-0.25, -0.2) is 9.37 Å². The first kappa shape index (κ1) is 18.1. The van der Waals surface area contributed by atoms with Gasteiger partial charge in [-0.2, -0.15) is 0 Å². The molecule has 1 aromatic heterocycles.